The highest BCUT2D eigenvalue weighted by Crippen LogP contribution is 2.21. The van der Waals surface area contributed by atoms with Crippen LogP contribution in [0, 0.1) is 0 Å². The van der Waals surface area contributed by atoms with Gasteiger partial charge >= 0.3 is 0 Å². The molecule has 0 radical (unpaired) electrons. The molecule has 0 aliphatic carbocycles. The molecule has 0 saturated carbocycles. The summed E-state index contributed by atoms with van der Waals surface area (Å²) in [6, 6.07) is 3.59. The first-order valence-corrected chi connectivity index (χ1v) is 6.04. The van der Waals surface area contributed by atoms with Crippen LogP contribution in [-0.2, 0) is 11.8 Å². The van der Waals surface area contributed by atoms with Gasteiger partial charge in [0.05, 0.1) is 11.4 Å². The van der Waals surface area contributed by atoms with E-state index in [-0.39, 0.29) is 11.0 Å². The number of fused-ring (bicyclic) bond motifs is 1. The number of aromatic nitrogens is 3. The molecule has 2 heterocycles. The molecule has 0 spiro atoms. The SMILES string of the molecule is CCCc1cc2[nH]c(=O)cc(C(C)(C)C)n2n1. The van der Waals surface area contributed by atoms with Crippen molar-refractivity contribution in [1.29, 1.82) is 0 Å². The van der Waals surface area contributed by atoms with Crippen molar-refractivity contribution in [3.05, 3.63) is 33.9 Å². The van der Waals surface area contributed by atoms with Crippen LogP contribution < -0.4 is 5.56 Å². The maximum absolute atomic E-state index is 11.6. The van der Waals surface area contributed by atoms with E-state index < -0.39 is 0 Å². The van der Waals surface area contributed by atoms with E-state index in [9.17, 15) is 4.79 Å². The Kier molecular flexibility index (Phi) is 2.81. The second kappa shape index (κ2) is 4.02. The lowest BCUT2D eigenvalue weighted by atomic mass is 9.92. The van der Waals surface area contributed by atoms with Gasteiger partial charge in [-0.15, -0.1) is 0 Å². The highest BCUT2D eigenvalue weighted by atomic mass is 16.1. The highest BCUT2D eigenvalue weighted by Gasteiger charge is 2.19. The molecule has 1 N–H and O–H groups in total. The number of rotatable bonds is 2. The molecule has 17 heavy (non-hydrogen) atoms. The van der Waals surface area contributed by atoms with Crippen LogP contribution in [0.1, 0.15) is 45.5 Å². The number of hydrogen-bond donors (Lipinski definition) is 1. The van der Waals surface area contributed by atoms with Crippen molar-refractivity contribution < 1.29 is 0 Å². The average molecular weight is 233 g/mol. The van der Waals surface area contributed by atoms with Gasteiger partial charge in [0.15, 0.2) is 0 Å². The fraction of sp³-hybridized carbons (Fsp3) is 0.538. The van der Waals surface area contributed by atoms with E-state index >= 15 is 0 Å². The molecule has 2 rings (SSSR count). The molecule has 2 aromatic heterocycles. The summed E-state index contributed by atoms with van der Waals surface area (Å²) in [7, 11) is 0. The second-order valence-electron chi connectivity index (χ2n) is 5.45. The zero-order chi connectivity index (χ0) is 12.6. The molecular formula is C13H19N3O. The normalized spacial score (nSPS) is 12.2. The Labute approximate surface area is 101 Å². The van der Waals surface area contributed by atoms with Gasteiger partial charge in [0.2, 0.25) is 0 Å². The first-order valence-electron chi connectivity index (χ1n) is 6.04. The minimum atomic E-state index is -0.0952. The minimum Gasteiger partial charge on any atom is -0.307 e. The van der Waals surface area contributed by atoms with Crippen molar-refractivity contribution >= 4 is 5.65 Å². The third kappa shape index (κ3) is 2.25. The summed E-state index contributed by atoms with van der Waals surface area (Å²) < 4.78 is 1.85. The number of hydrogen-bond acceptors (Lipinski definition) is 2. The Morgan fingerprint density at radius 1 is 1.35 bits per heavy atom. The zero-order valence-corrected chi connectivity index (χ0v) is 10.9. The van der Waals surface area contributed by atoms with Crippen molar-refractivity contribution in [1.82, 2.24) is 14.6 Å². The monoisotopic (exact) mass is 233 g/mol. The van der Waals surface area contributed by atoms with E-state index in [1.54, 1.807) is 6.07 Å². The summed E-state index contributed by atoms with van der Waals surface area (Å²) >= 11 is 0. The Balaban J connectivity index is 2.70. The average Bonchev–Trinajstić information content (AvgIpc) is 2.57. The van der Waals surface area contributed by atoms with Crippen LogP contribution in [0.3, 0.4) is 0 Å². The molecule has 0 amide bonds. The second-order valence-corrected chi connectivity index (χ2v) is 5.45. The van der Waals surface area contributed by atoms with Gasteiger partial charge in [-0.05, 0) is 6.42 Å². The van der Waals surface area contributed by atoms with Crippen LogP contribution in [0.4, 0.5) is 0 Å². The third-order valence-corrected chi connectivity index (χ3v) is 2.78. The zero-order valence-electron chi connectivity index (χ0n) is 10.9. The van der Waals surface area contributed by atoms with Crippen molar-refractivity contribution in [3.63, 3.8) is 0 Å². The lowest BCUT2D eigenvalue weighted by molar-refractivity contribution is 0.543. The third-order valence-electron chi connectivity index (χ3n) is 2.78. The topological polar surface area (TPSA) is 50.2 Å². The van der Waals surface area contributed by atoms with Crippen molar-refractivity contribution in [2.75, 3.05) is 0 Å². The van der Waals surface area contributed by atoms with Crippen molar-refractivity contribution in [2.24, 2.45) is 0 Å². The van der Waals surface area contributed by atoms with E-state index in [2.05, 4.69) is 37.8 Å². The summed E-state index contributed by atoms with van der Waals surface area (Å²) in [6.45, 7) is 8.38. The van der Waals surface area contributed by atoms with Crippen LogP contribution in [0.15, 0.2) is 16.9 Å². The maximum Gasteiger partial charge on any atom is 0.251 e. The summed E-state index contributed by atoms with van der Waals surface area (Å²) in [5, 5.41) is 4.56. The highest BCUT2D eigenvalue weighted by molar-refractivity contribution is 5.41. The molecule has 0 bridgehead atoms. The number of nitrogens with zero attached hydrogens (tertiary/aromatic N) is 2. The van der Waals surface area contributed by atoms with Gasteiger partial charge in [0, 0.05) is 17.5 Å². The molecule has 0 atom stereocenters. The quantitative estimate of drug-likeness (QED) is 0.865. The van der Waals surface area contributed by atoms with E-state index in [1.807, 2.05) is 10.6 Å². The Hall–Kier alpha value is -1.58. The van der Waals surface area contributed by atoms with Crippen LogP contribution in [0.2, 0.25) is 0 Å². The van der Waals surface area contributed by atoms with Crippen molar-refractivity contribution in [2.45, 2.75) is 46.0 Å². The maximum atomic E-state index is 11.6. The van der Waals surface area contributed by atoms with Gasteiger partial charge in [-0.3, -0.25) is 4.79 Å². The number of H-pyrrole nitrogens is 1. The lowest BCUT2D eigenvalue weighted by Gasteiger charge is -2.19. The molecule has 0 aliphatic rings. The smallest absolute Gasteiger partial charge is 0.251 e. The van der Waals surface area contributed by atoms with Crippen LogP contribution in [0.5, 0.6) is 0 Å². The van der Waals surface area contributed by atoms with E-state index in [0.29, 0.717) is 0 Å². The van der Waals surface area contributed by atoms with Gasteiger partial charge in [0.25, 0.3) is 5.56 Å². The largest absolute Gasteiger partial charge is 0.307 e. The van der Waals surface area contributed by atoms with E-state index in [1.165, 1.54) is 0 Å². The molecule has 4 nitrogen and oxygen atoms in total. The molecule has 92 valence electrons. The first-order chi connectivity index (χ1) is 7.91. The molecule has 0 unspecified atom stereocenters. The molecule has 0 fully saturated rings. The molecular weight excluding hydrogens is 214 g/mol. The Morgan fingerprint density at radius 3 is 2.65 bits per heavy atom. The first kappa shape index (κ1) is 11.9. The Morgan fingerprint density at radius 2 is 2.06 bits per heavy atom. The summed E-state index contributed by atoms with van der Waals surface area (Å²) in [4.78, 5) is 14.4. The van der Waals surface area contributed by atoms with Crippen LogP contribution in [-0.4, -0.2) is 14.6 Å². The van der Waals surface area contributed by atoms with Gasteiger partial charge in [0.1, 0.15) is 5.65 Å². The Bertz CT molecular complexity index is 587. The number of aryl methyl sites for hydroxylation is 1. The fourth-order valence-electron chi connectivity index (χ4n) is 1.96. The summed E-state index contributed by atoms with van der Waals surface area (Å²) in [6.07, 6.45) is 1.99. The molecule has 0 aliphatic heterocycles. The van der Waals surface area contributed by atoms with Gasteiger partial charge < -0.3 is 4.98 Å². The van der Waals surface area contributed by atoms with Gasteiger partial charge in [-0.25, -0.2) is 4.52 Å². The molecule has 0 saturated heterocycles. The molecule has 0 aromatic carbocycles. The molecule has 4 heteroatoms. The fourth-order valence-corrected chi connectivity index (χ4v) is 1.96. The minimum absolute atomic E-state index is 0.0645. The van der Waals surface area contributed by atoms with Gasteiger partial charge in [-0.2, -0.15) is 5.10 Å². The summed E-state index contributed by atoms with van der Waals surface area (Å²) in [5.41, 5.74) is 2.59. The van der Waals surface area contributed by atoms with Crippen LogP contribution in [0.25, 0.3) is 5.65 Å². The van der Waals surface area contributed by atoms with Crippen molar-refractivity contribution in [3.8, 4) is 0 Å². The summed E-state index contributed by atoms with van der Waals surface area (Å²) in [5.74, 6) is 0. The van der Waals surface area contributed by atoms with E-state index in [0.717, 1.165) is 29.9 Å². The van der Waals surface area contributed by atoms with E-state index in [4.69, 9.17) is 0 Å². The standard InChI is InChI=1S/C13H19N3O/c1-5-6-9-7-11-14-12(17)8-10(13(2,3)4)16(11)15-9/h7-8H,5-6H2,1-4H3,(H,14,17). The predicted octanol–water partition coefficient (Wildman–Crippen LogP) is 2.27. The molecule has 2 aromatic rings. The predicted molar refractivity (Wildman–Crippen MR) is 68.5 cm³/mol. The number of nitrogens with one attached hydrogen (secondary N) is 1. The van der Waals surface area contributed by atoms with Crippen LogP contribution >= 0.6 is 0 Å². The lowest BCUT2D eigenvalue weighted by Crippen LogP contribution is -2.22. The number of aromatic amines is 1. The van der Waals surface area contributed by atoms with Gasteiger partial charge in [-0.1, -0.05) is 34.1 Å².